The van der Waals surface area contributed by atoms with E-state index < -0.39 is 11.5 Å². The Bertz CT molecular complexity index is 406. The van der Waals surface area contributed by atoms with Gasteiger partial charge in [-0.3, -0.25) is 4.68 Å². The molecule has 17 heavy (non-hydrogen) atoms. The number of piperidine rings is 1. The van der Waals surface area contributed by atoms with Gasteiger partial charge in [0.15, 0.2) is 5.54 Å². The first kappa shape index (κ1) is 12.1. The lowest BCUT2D eigenvalue weighted by molar-refractivity contribution is -0.149. The minimum absolute atomic E-state index is 0.323. The van der Waals surface area contributed by atoms with Crippen LogP contribution in [0.15, 0.2) is 12.3 Å². The second kappa shape index (κ2) is 4.49. The van der Waals surface area contributed by atoms with Crippen LogP contribution in [0.4, 0.5) is 0 Å². The average Bonchev–Trinajstić information content (AvgIpc) is 2.79. The molecule has 0 amide bonds. The van der Waals surface area contributed by atoms with Gasteiger partial charge in [-0.25, -0.2) is 4.79 Å². The van der Waals surface area contributed by atoms with Crippen molar-refractivity contribution >= 4 is 5.97 Å². The fraction of sp³-hybridized carbons (Fsp3) is 0.667. The molecule has 0 spiro atoms. The van der Waals surface area contributed by atoms with Gasteiger partial charge in [0.25, 0.3) is 0 Å². The van der Waals surface area contributed by atoms with Crippen LogP contribution in [0.2, 0.25) is 0 Å². The van der Waals surface area contributed by atoms with Crippen LogP contribution in [0.5, 0.6) is 0 Å². The van der Waals surface area contributed by atoms with E-state index in [1.165, 1.54) is 0 Å². The van der Waals surface area contributed by atoms with E-state index in [0.29, 0.717) is 18.8 Å². The summed E-state index contributed by atoms with van der Waals surface area (Å²) in [5.74, 6) is -0.457. The molecule has 1 aliphatic heterocycles. The van der Waals surface area contributed by atoms with E-state index in [-0.39, 0.29) is 0 Å². The zero-order chi connectivity index (χ0) is 12.5. The number of carbonyl (C=O) groups is 1. The van der Waals surface area contributed by atoms with Gasteiger partial charge in [0, 0.05) is 6.20 Å². The molecule has 0 bridgehead atoms. The summed E-state index contributed by atoms with van der Waals surface area (Å²) in [6.07, 6.45) is 2.97. The van der Waals surface area contributed by atoms with Crippen LogP contribution in [0.3, 0.4) is 0 Å². The van der Waals surface area contributed by atoms with E-state index in [1.807, 2.05) is 6.07 Å². The summed E-state index contributed by atoms with van der Waals surface area (Å²) >= 11 is 0. The van der Waals surface area contributed by atoms with Crippen LogP contribution in [-0.2, 0) is 10.3 Å². The molecule has 2 N–H and O–H groups in total. The van der Waals surface area contributed by atoms with Crippen molar-refractivity contribution in [2.75, 3.05) is 13.1 Å². The molecule has 0 aromatic carbocycles. The number of rotatable bonds is 3. The van der Waals surface area contributed by atoms with Crippen molar-refractivity contribution in [3.8, 4) is 0 Å². The van der Waals surface area contributed by atoms with Crippen molar-refractivity contribution in [2.24, 2.45) is 0 Å². The molecule has 1 aliphatic rings. The average molecular weight is 237 g/mol. The number of carboxylic acid groups (broad SMARTS) is 1. The fourth-order valence-corrected chi connectivity index (χ4v) is 2.27. The number of aliphatic carboxylic acids is 1. The maximum atomic E-state index is 11.6. The second-order valence-electron chi connectivity index (χ2n) is 4.93. The Balaban J connectivity index is 2.35. The van der Waals surface area contributed by atoms with Gasteiger partial charge in [-0.05, 0) is 37.9 Å². The molecule has 0 unspecified atom stereocenters. The van der Waals surface area contributed by atoms with E-state index in [4.69, 9.17) is 0 Å². The van der Waals surface area contributed by atoms with Crippen LogP contribution in [0, 0.1) is 0 Å². The maximum absolute atomic E-state index is 11.6. The van der Waals surface area contributed by atoms with Crippen LogP contribution < -0.4 is 5.32 Å². The highest BCUT2D eigenvalue weighted by Gasteiger charge is 2.42. The van der Waals surface area contributed by atoms with Crippen molar-refractivity contribution in [3.63, 3.8) is 0 Å². The molecule has 0 atom stereocenters. The minimum Gasteiger partial charge on any atom is -0.479 e. The summed E-state index contributed by atoms with van der Waals surface area (Å²) < 4.78 is 1.64. The molecule has 1 aromatic rings. The van der Waals surface area contributed by atoms with Crippen molar-refractivity contribution in [3.05, 3.63) is 18.0 Å². The SMILES string of the molecule is CC(C)c1ccn(C2(C(=O)O)CCNCC2)n1. The largest absolute Gasteiger partial charge is 0.479 e. The first-order valence-corrected chi connectivity index (χ1v) is 6.06. The number of nitrogens with zero attached hydrogens (tertiary/aromatic N) is 2. The van der Waals surface area contributed by atoms with Crippen LogP contribution in [0.1, 0.15) is 38.3 Å². The Morgan fingerprint density at radius 3 is 2.65 bits per heavy atom. The summed E-state index contributed by atoms with van der Waals surface area (Å²) in [5.41, 5.74) is 0.0856. The van der Waals surface area contributed by atoms with Crippen molar-refractivity contribution in [2.45, 2.75) is 38.1 Å². The topological polar surface area (TPSA) is 67.2 Å². The molecule has 2 rings (SSSR count). The van der Waals surface area contributed by atoms with Crippen LogP contribution in [0.25, 0.3) is 0 Å². The number of carboxylic acids is 1. The highest BCUT2D eigenvalue weighted by Crippen LogP contribution is 2.28. The Kier molecular flexibility index (Phi) is 3.19. The third kappa shape index (κ3) is 2.07. The van der Waals surface area contributed by atoms with Gasteiger partial charge in [-0.1, -0.05) is 13.8 Å². The normalized spacial score (nSPS) is 19.5. The van der Waals surface area contributed by atoms with Gasteiger partial charge < -0.3 is 10.4 Å². The molecule has 1 aromatic heterocycles. The molecule has 0 saturated carbocycles. The molecule has 94 valence electrons. The second-order valence-corrected chi connectivity index (χ2v) is 4.93. The quantitative estimate of drug-likeness (QED) is 0.828. The first-order valence-electron chi connectivity index (χ1n) is 6.06. The predicted octanol–water partition coefficient (Wildman–Crippen LogP) is 1.17. The van der Waals surface area contributed by atoms with Gasteiger partial charge in [-0.2, -0.15) is 5.10 Å². The number of hydrogen-bond donors (Lipinski definition) is 2. The summed E-state index contributed by atoms with van der Waals surface area (Å²) in [6, 6.07) is 1.91. The van der Waals surface area contributed by atoms with E-state index in [0.717, 1.165) is 18.8 Å². The zero-order valence-electron chi connectivity index (χ0n) is 10.3. The standard InChI is InChI=1S/C12H19N3O2/c1-9(2)10-3-8-15(14-10)12(11(16)17)4-6-13-7-5-12/h3,8-9,13H,4-7H2,1-2H3,(H,16,17). The Morgan fingerprint density at radius 2 is 2.18 bits per heavy atom. The Morgan fingerprint density at radius 1 is 1.53 bits per heavy atom. The van der Waals surface area contributed by atoms with Crippen molar-refractivity contribution < 1.29 is 9.90 Å². The lowest BCUT2D eigenvalue weighted by atomic mass is 9.89. The van der Waals surface area contributed by atoms with Gasteiger partial charge in [-0.15, -0.1) is 0 Å². The number of nitrogens with one attached hydrogen (secondary N) is 1. The fourth-order valence-electron chi connectivity index (χ4n) is 2.27. The third-order valence-corrected chi connectivity index (χ3v) is 3.47. The van der Waals surface area contributed by atoms with Crippen LogP contribution >= 0.6 is 0 Å². The first-order chi connectivity index (χ1) is 8.06. The van der Waals surface area contributed by atoms with Crippen molar-refractivity contribution in [1.29, 1.82) is 0 Å². The van der Waals surface area contributed by atoms with Gasteiger partial charge >= 0.3 is 5.97 Å². The molecular formula is C12H19N3O2. The summed E-state index contributed by atoms with van der Waals surface area (Å²) in [7, 11) is 0. The molecule has 5 nitrogen and oxygen atoms in total. The van der Waals surface area contributed by atoms with Gasteiger partial charge in [0.2, 0.25) is 0 Å². The Labute approximate surface area is 101 Å². The molecule has 2 heterocycles. The molecule has 0 radical (unpaired) electrons. The molecule has 5 heteroatoms. The van der Waals surface area contributed by atoms with Crippen LogP contribution in [-0.4, -0.2) is 33.9 Å². The van der Waals surface area contributed by atoms with Gasteiger partial charge in [0.05, 0.1) is 5.69 Å². The van der Waals surface area contributed by atoms with Gasteiger partial charge in [0.1, 0.15) is 0 Å². The molecule has 1 fully saturated rings. The molecule has 0 aliphatic carbocycles. The monoisotopic (exact) mass is 237 g/mol. The number of hydrogen-bond acceptors (Lipinski definition) is 3. The number of aromatic nitrogens is 2. The lowest BCUT2D eigenvalue weighted by Gasteiger charge is -2.33. The van der Waals surface area contributed by atoms with E-state index in [1.54, 1.807) is 10.9 Å². The molecule has 1 saturated heterocycles. The summed E-state index contributed by atoms with van der Waals surface area (Å²) in [4.78, 5) is 11.6. The minimum atomic E-state index is -0.863. The summed E-state index contributed by atoms with van der Waals surface area (Å²) in [6.45, 7) is 5.57. The molecular weight excluding hydrogens is 218 g/mol. The third-order valence-electron chi connectivity index (χ3n) is 3.47. The predicted molar refractivity (Wildman–Crippen MR) is 64.0 cm³/mol. The Hall–Kier alpha value is -1.36. The highest BCUT2D eigenvalue weighted by atomic mass is 16.4. The zero-order valence-corrected chi connectivity index (χ0v) is 10.3. The van der Waals surface area contributed by atoms with E-state index in [2.05, 4.69) is 24.3 Å². The highest BCUT2D eigenvalue weighted by molar-refractivity contribution is 5.76. The summed E-state index contributed by atoms with van der Waals surface area (Å²) in [5, 5.41) is 17.1. The maximum Gasteiger partial charge on any atom is 0.331 e. The smallest absolute Gasteiger partial charge is 0.331 e. The lowest BCUT2D eigenvalue weighted by Crippen LogP contribution is -2.50. The van der Waals surface area contributed by atoms with Crippen molar-refractivity contribution in [1.82, 2.24) is 15.1 Å². The van der Waals surface area contributed by atoms with E-state index >= 15 is 0 Å². The van der Waals surface area contributed by atoms with E-state index in [9.17, 15) is 9.90 Å².